The van der Waals surface area contributed by atoms with Crippen LogP contribution in [0.25, 0.3) is 0 Å². The Morgan fingerprint density at radius 3 is 2.65 bits per heavy atom. The van der Waals surface area contributed by atoms with Crippen LogP contribution in [-0.4, -0.2) is 45.8 Å². The van der Waals surface area contributed by atoms with Gasteiger partial charge in [0.25, 0.3) is 0 Å². The molecule has 2 rings (SSSR count). The number of hydrogen-bond donors (Lipinski definition) is 3. The highest BCUT2D eigenvalue weighted by atomic mass is 35.5. The first-order chi connectivity index (χ1) is 9.38. The number of nitrogens with zero attached hydrogens (tertiary/aromatic N) is 1. The van der Waals surface area contributed by atoms with Crippen molar-refractivity contribution >= 4 is 40.9 Å². The molecule has 1 aromatic carbocycles. The molecule has 1 aromatic rings. The van der Waals surface area contributed by atoms with E-state index in [1.807, 2.05) is 0 Å². The molecule has 6 nitrogen and oxygen atoms in total. The van der Waals surface area contributed by atoms with Crippen LogP contribution in [0.5, 0.6) is 0 Å². The molecule has 2 amide bonds. The molecular weight excluding hydrogens is 307 g/mol. The fraction of sp³-hybridized carbons (Fsp3) is 0.333. The van der Waals surface area contributed by atoms with Crippen molar-refractivity contribution < 1.29 is 19.8 Å². The Labute approximate surface area is 124 Å². The van der Waals surface area contributed by atoms with Crippen LogP contribution in [0.4, 0.5) is 10.5 Å². The van der Waals surface area contributed by atoms with Crippen molar-refractivity contribution in [3.05, 3.63) is 28.2 Å². The largest absolute Gasteiger partial charge is 0.480 e. The fourth-order valence-electron chi connectivity index (χ4n) is 2.05. The van der Waals surface area contributed by atoms with Crippen LogP contribution in [0.1, 0.15) is 6.42 Å². The van der Waals surface area contributed by atoms with Crippen LogP contribution in [0.15, 0.2) is 18.2 Å². The van der Waals surface area contributed by atoms with E-state index in [0.717, 1.165) is 4.90 Å². The maximum atomic E-state index is 12.1. The Hall–Kier alpha value is -1.50. The molecule has 0 saturated carbocycles. The Kier molecular flexibility index (Phi) is 4.37. The highest BCUT2D eigenvalue weighted by Gasteiger charge is 2.39. The van der Waals surface area contributed by atoms with E-state index < -0.39 is 24.1 Å². The van der Waals surface area contributed by atoms with Crippen LogP contribution in [-0.2, 0) is 4.79 Å². The van der Waals surface area contributed by atoms with Crippen molar-refractivity contribution in [2.45, 2.75) is 18.6 Å². The predicted molar refractivity (Wildman–Crippen MR) is 74.2 cm³/mol. The number of carboxylic acids is 1. The molecule has 2 atom stereocenters. The first-order valence-corrected chi connectivity index (χ1v) is 6.57. The summed E-state index contributed by atoms with van der Waals surface area (Å²) in [6, 6.07) is 2.86. The van der Waals surface area contributed by atoms with Gasteiger partial charge >= 0.3 is 12.0 Å². The summed E-state index contributed by atoms with van der Waals surface area (Å²) in [5.41, 5.74) is 0.326. The summed E-state index contributed by atoms with van der Waals surface area (Å²) >= 11 is 11.7. The first-order valence-electron chi connectivity index (χ1n) is 5.82. The number of anilines is 1. The topological polar surface area (TPSA) is 89.9 Å². The molecule has 1 aliphatic heterocycles. The van der Waals surface area contributed by atoms with Gasteiger partial charge in [0.05, 0.1) is 16.8 Å². The number of carbonyl (C=O) groups is 2. The molecular formula is C12H12Cl2N2O4. The van der Waals surface area contributed by atoms with Crippen molar-refractivity contribution in [3.8, 4) is 0 Å². The average molecular weight is 319 g/mol. The normalized spacial score (nSPS) is 21.9. The van der Waals surface area contributed by atoms with E-state index in [0.29, 0.717) is 10.7 Å². The van der Waals surface area contributed by atoms with Crippen LogP contribution < -0.4 is 5.32 Å². The minimum absolute atomic E-state index is 0.0110. The molecule has 0 unspecified atom stereocenters. The van der Waals surface area contributed by atoms with Crippen LogP contribution in [0.3, 0.4) is 0 Å². The quantitative estimate of drug-likeness (QED) is 0.778. The van der Waals surface area contributed by atoms with E-state index in [1.54, 1.807) is 6.07 Å². The number of aliphatic hydroxyl groups excluding tert-OH is 1. The van der Waals surface area contributed by atoms with E-state index in [2.05, 4.69) is 5.32 Å². The number of urea groups is 1. The summed E-state index contributed by atoms with van der Waals surface area (Å²) in [5, 5.41) is 21.7. The van der Waals surface area contributed by atoms with Crippen molar-refractivity contribution in [1.82, 2.24) is 4.90 Å². The Balaban J connectivity index is 2.13. The van der Waals surface area contributed by atoms with Crippen molar-refractivity contribution in [2.75, 3.05) is 11.9 Å². The zero-order valence-corrected chi connectivity index (χ0v) is 11.7. The van der Waals surface area contributed by atoms with Gasteiger partial charge < -0.3 is 20.4 Å². The van der Waals surface area contributed by atoms with Crippen LogP contribution >= 0.6 is 23.2 Å². The molecule has 1 saturated heterocycles. The number of β-amino-alcohol motifs (C(OH)–C–C–N with tert-alkyl or cyclic N) is 1. The number of rotatable bonds is 2. The van der Waals surface area contributed by atoms with E-state index in [1.165, 1.54) is 12.1 Å². The molecule has 0 aromatic heterocycles. The third-order valence-electron chi connectivity index (χ3n) is 3.00. The lowest BCUT2D eigenvalue weighted by atomic mass is 10.2. The molecule has 0 aliphatic carbocycles. The summed E-state index contributed by atoms with van der Waals surface area (Å²) in [6.45, 7) is -0.0337. The van der Waals surface area contributed by atoms with Crippen molar-refractivity contribution in [1.29, 1.82) is 0 Å². The molecule has 1 fully saturated rings. The molecule has 0 spiro atoms. The molecule has 1 heterocycles. The third kappa shape index (κ3) is 3.15. The minimum Gasteiger partial charge on any atom is -0.480 e. The highest BCUT2D eigenvalue weighted by Crippen LogP contribution is 2.27. The number of likely N-dealkylation sites (tertiary alicyclic amines) is 1. The summed E-state index contributed by atoms with van der Waals surface area (Å²) in [7, 11) is 0. The summed E-state index contributed by atoms with van der Waals surface area (Å²) in [4.78, 5) is 24.2. The summed E-state index contributed by atoms with van der Waals surface area (Å²) in [6.07, 6.45) is -0.834. The number of nitrogens with one attached hydrogen (secondary N) is 1. The van der Waals surface area contributed by atoms with Gasteiger partial charge in [-0.05, 0) is 18.2 Å². The van der Waals surface area contributed by atoms with Gasteiger partial charge in [-0.25, -0.2) is 9.59 Å². The number of carboxylic acid groups (broad SMARTS) is 1. The maximum Gasteiger partial charge on any atom is 0.326 e. The molecule has 1 aliphatic rings. The number of aliphatic hydroxyl groups is 1. The lowest BCUT2D eigenvalue weighted by Gasteiger charge is -2.21. The Bertz CT molecular complexity index is 552. The highest BCUT2D eigenvalue weighted by molar-refractivity contribution is 6.36. The lowest BCUT2D eigenvalue weighted by Crippen LogP contribution is -2.43. The molecule has 108 valence electrons. The molecule has 8 heteroatoms. The third-order valence-corrected chi connectivity index (χ3v) is 3.55. The number of hydrogen-bond acceptors (Lipinski definition) is 3. The van der Waals surface area contributed by atoms with Gasteiger partial charge in [-0.3, -0.25) is 0 Å². The molecule has 20 heavy (non-hydrogen) atoms. The zero-order chi connectivity index (χ0) is 14.9. The van der Waals surface area contributed by atoms with Gasteiger partial charge in [-0.15, -0.1) is 0 Å². The van der Waals surface area contributed by atoms with Gasteiger partial charge in [0.2, 0.25) is 0 Å². The van der Waals surface area contributed by atoms with E-state index in [9.17, 15) is 14.7 Å². The van der Waals surface area contributed by atoms with Gasteiger partial charge in [0, 0.05) is 18.0 Å². The summed E-state index contributed by atoms with van der Waals surface area (Å²) < 4.78 is 0. The standard InChI is InChI=1S/C12H12Cl2N2O4/c13-6-1-2-9(8(14)3-6)15-12(20)16-5-7(17)4-10(16)11(18)19/h1-3,7,10,17H,4-5H2,(H,15,20)(H,18,19)/t7-,10+/m1/s1. The molecule has 0 bridgehead atoms. The zero-order valence-electron chi connectivity index (χ0n) is 10.2. The number of benzene rings is 1. The van der Waals surface area contributed by atoms with E-state index >= 15 is 0 Å². The van der Waals surface area contributed by atoms with Crippen LogP contribution in [0.2, 0.25) is 10.0 Å². The Morgan fingerprint density at radius 1 is 1.35 bits per heavy atom. The SMILES string of the molecule is O=C(O)[C@@H]1C[C@@H](O)CN1C(=O)Nc1ccc(Cl)cc1Cl. The molecule has 0 radical (unpaired) electrons. The minimum atomic E-state index is -1.15. The van der Waals surface area contributed by atoms with Gasteiger partial charge in [-0.2, -0.15) is 0 Å². The predicted octanol–water partition coefficient (Wildman–Crippen LogP) is 2.05. The monoisotopic (exact) mass is 318 g/mol. The van der Waals surface area contributed by atoms with Crippen LogP contribution in [0, 0.1) is 0 Å². The van der Waals surface area contributed by atoms with Gasteiger partial charge in [0.1, 0.15) is 6.04 Å². The maximum absolute atomic E-state index is 12.1. The number of aliphatic carboxylic acids is 1. The van der Waals surface area contributed by atoms with Gasteiger partial charge in [-0.1, -0.05) is 23.2 Å². The van der Waals surface area contributed by atoms with Crippen molar-refractivity contribution in [2.24, 2.45) is 0 Å². The fourth-order valence-corrected chi connectivity index (χ4v) is 2.51. The van der Waals surface area contributed by atoms with Crippen molar-refractivity contribution in [3.63, 3.8) is 0 Å². The smallest absolute Gasteiger partial charge is 0.326 e. The number of halogens is 2. The van der Waals surface area contributed by atoms with E-state index in [4.69, 9.17) is 28.3 Å². The van der Waals surface area contributed by atoms with Gasteiger partial charge in [0.15, 0.2) is 0 Å². The lowest BCUT2D eigenvalue weighted by molar-refractivity contribution is -0.141. The second-order valence-corrected chi connectivity index (χ2v) is 5.29. The number of carbonyl (C=O) groups excluding carboxylic acids is 1. The second kappa shape index (κ2) is 5.87. The Morgan fingerprint density at radius 2 is 2.05 bits per heavy atom. The van der Waals surface area contributed by atoms with E-state index in [-0.39, 0.29) is 18.0 Å². The average Bonchev–Trinajstić information content (AvgIpc) is 2.75. The number of amides is 2. The first kappa shape index (κ1) is 14.9. The second-order valence-electron chi connectivity index (χ2n) is 4.45. The summed E-state index contributed by atoms with van der Waals surface area (Å²) in [5.74, 6) is -1.15. The molecule has 3 N–H and O–H groups in total.